The van der Waals surface area contributed by atoms with Crippen LogP contribution in [-0.4, -0.2) is 392 Å². The standard InChI is InChI=1S/C62H142N28O6/c63-10-39-85(40-11-64)50-21-75-57(91)4-33-82(34-5-58(92)76-22-51-86(41-12-65)42-13-66)30-1-27-81(29-3-32-84(38-9-62(96)80-26-55-90(56-74)49-20-73)37-8-61(95)79-25-54-89(47-18-71)48-19-72)28-2-31-83(35-6-59(93)77-23-52-87(43-14-67)44-15-68)36-7-60(94)78-24-53-88(45-16-69)46-17-70/h1-56,63-74H2,(H,75,91)(H,76,92)(H,77,93)(H,78,94)(H,79,95)(H,80,96). The van der Waals surface area contributed by atoms with Gasteiger partial charge in [-0.05, 0) is 58.5 Å². The summed E-state index contributed by atoms with van der Waals surface area (Å²) in [6.07, 6.45) is 3.62. The second-order valence-corrected chi connectivity index (χ2v) is 24.2. The predicted octanol–water partition coefficient (Wildman–Crippen LogP) is -10.3. The molecule has 96 heavy (non-hydrogen) atoms. The summed E-state index contributed by atoms with van der Waals surface area (Å²) < 4.78 is 0. The van der Waals surface area contributed by atoms with Crippen molar-refractivity contribution in [1.82, 2.24) is 80.9 Å². The molecular formula is C62H142N28O6. The van der Waals surface area contributed by atoms with Gasteiger partial charge in [0.05, 0.1) is 0 Å². The molecule has 34 heteroatoms. The molecule has 0 bridgehead atoms. The van der Waals surface area contributed by atoms with Gasteiger partial charge in [-0.15, -0.1) is 0 Å². The number of hydrogen-bond acceptors (Lipinski definition) is 28. The first kappa shape index (κ1) is 91.9. The van der Waals surface area contributed by atoms with Crippen LogP contribution in [0.25, 0.3) is 0 Å². The molecule has 6 amide bonds. The molecule has 566 valence electrons. The summed E-state index contributed by atoms with van der Waals surface area (Å²) in [4.78, 5) is 102. The molecule has 0 rings (SSSR count). The Morgan fingerprint density at radius 3 is 0.469 bits per heavy atom. The fraction of sp³-hybridized carbons (Fsp3) is 0.903. The lowest BCUT2D eigenvalue weighted by atomic mass is 10.2. The van der Waals surface area contributed by atoms with Crippen LogP contribution in [0, 0.1) is 0 Å². The van der Waals surface area contributed by atoms with E-state index in [1.54, 1.807) is 0 Å². The number of nitrogens with zero attached hydrogens (tertiary/aromatic N) is 10. The molecule has 0 aromatic heterocycles. The fourth-order valence-electron chi connectivity index (χ4n) is 11.1. The van der Waals surface area contributed by atoms with Crippen LogP contribution in [0.15, 0.2) is 0 Å². The molecule has 0 unspecified atom stereocenters. The van der Waals surface area contributed by atoms with Crippen molar-refractivity contribution in [2.75, 3.05) is 308 Å². The summed E-state index contributed by atoms with van der Waals surface area (Å²) in [5.74, 6) is -0.537. The van der Waals surface area contributed by atoms with Gasteiger partial charge in [-0.3, -0.25) is 58.2 Å². The Labute approximate surface area is 577 Å². The maximum atomic E-state index is 13.4. The Morgan fingerprint density at radius 2 is 0.312 bits per heavy atom. The van der Waals surface area contributed by atoms with E-state index < -0.39 is 0 Å². The van der Waals surface area contributed by atoms with E-state index in [0.717, 1.165) is 19.3 Å². The van der Waals surface area contributed by atoms with Crippen LogP contribution in [0.3, 0.4) is 0 Å². The van der Waals surface area contributed by atoms with Gasteiger partial charge < -0.3 is 120 Å². The smallest absolute Gasteiger partial charge is 0.221 e. The van der Waals surface area contributed by atoms with Gasteiger partial charge in [0.15, 0.2) is 0 Å². The number of carbonyl (C=O) groups is 6. The Bertz CT molecular complexity index is 1690. The van der Waals surface area contributed by atoms with E-state index in [-0.39, 0.29) is 74.0 Å². The van der Waals surface area contributed by atoms with Gasteiger partial charge in [-0.1, -0.05) is 0 Å². The van der Waals surface area contributed by atoms with Crippen LogP contribution >= 0.6 is 0 Å². The third kappa shape index (κ3) is 53.9. The average Bonchev–Trinajstić information content (AvgIpc) is 2.65. The van der Waals surface area contributed by atoms with Crippen molar-refractivity contribution in [2.45, 2.75) is 57.8 Å². The molecule has 0 spiro atoms. The van der Waals surface area contributed by atoms with Gasteiger partial charge in [-0.25, -0.2) is 0 Å². The van der Waals surface area contributed by atoms with E-state index in [9.17, 15) is 28.8 Å². The lowest BCUT2D eigenvalue weighted by Crippen LogP contribution is -2.42. The Hall–Kier alpha value is -4.06. The quantitative estimate of drug-likeness (QED) is 0.0251. The number of hydrogen-bond donors (Lipinski definition) is 18. The molecule has 30 N–H and O–H groups in total. The van der Waals surface area contributed by atoms with Crippen LogP contribution in [0.5, 0.6) is 0 Å². The van der Waals surface area contributed by atoms with Gasteiger partial charge in [0.1, 0.15) is 0 Å². The topological polar surface area (TPSA) is 519 Å². The van der Waals surface area contributed by atoms with E-state index in [1.165, 1.54) is 0 Å². The van der Waals surface area contributed by atoms with Crippen molar-refractivity contribution in [1.29, 1.82) is 0 Å². The minimum absolute atomic E-state index is 0.0868. The Morgan fingerprint density at radius 1 is 0.177 bits per heavy atom. The molecule has 0 atom stereocenters. The summed E-state index contributed by atoms with van der Waals surface area (Å²) in [6, 6.07) is 0. The Kier molecular flexibility index (Phi) is 62.8. The van der Waals surface area contributed by atoms with E-state index in [0.29, 0.717) is 308 Å². The molecule has 0 radical (unpaired) electrons. The summed E-state index contributed by atoms with van der Waals surface area (Å²) >= 11 is 0. The number of carbonyl (C=O) groups excluding carboxylic acids is 6. The second kappa shape index (κ2) is 65.5. The summed E-state index contributed by atoms with van der Waals surface area (Å²) in [6.45, 7) is 26.1. The van der Waals surface area contributed by atoms with Crippen molar-refractivity contribution in [3.63, 3.8) is 0 Å². The largest absolute Gasteiger partial charge is 0.355 e. The molecule has 0 fully saturated rings. The molecule has 0 aliphatic carbocycles. The van der Waals surface area contributed by atoms with E-state index >= 15 is 0 Å². The van der Waals surface area contributed by atoms with Crippen molar-refractivity contribution in [2.24, 2.45) is 68.8 Å². The monoisotopic (exact) mass is 1380 g/mol. The minimum Gasteiger partial charge on any atom is -0.355 e. The number of nitrogens with two attached hydrogens (primary N) is 12. The number of nitrogens with one attached hydrogen (secondary N) is 6. The van der Waals surface area contributed by atoms with Crippen LogP contribution in [0.4, 0.5) is 0 Å². The lowest BCUT2D eigenvalue weighted by molar-refractivity contribution is -0.123. The molecule has 0 aliphatic rings. The zero-order chi connectivity index (χ0) is 71.1. The van der Waals surface area contributed by atoms with E-state index in [4.69, 9.17) is 68.8 Å². The highest BCUT2D eigenvalue weighted by Gasteiger charge is 2.19. The molecule has 0 aromatic carbocycles. The summed E-state index contributed by atoms with van der Waals surface area (Å²) in [5, 5.41) is 18.3. The maximum absolute atomic E-state index is 13.4. The minimum atomic E-state index is -0.101. The zero-order valence-corrected chi connectivity index (χ0v) is 59.4. The SMILES string of the molecule is NCCN(CN)CCNC(=O)CCN(CCCN(CCCN(CCC(=O)NCCN(CCN)CCN)CCC(=O)NCCN(CCN)CCN)CCCN(CCC(=O)NCCN(CCN)CCN)CCC(=O)NCCN(CCN)CCN)CCC(=O)NCCN(CCN)CCN. The predicted molar refractivity (Wildman–Crippen MR) is 388 cm³/mol. The van der Waals surface area contributed by atoms with Crippen molar-refractivity contribution in [3.8, 4) is 0 Å². The van der Waals surface area contributed by atoms with E-state index in [2.05, 4.69) is 76.0 Å². The van der Waals surface area contributed by atoms with Crippen molar-refractivity contribution < 1.29 is 28.8 Å². The summed E-state index contributed by atoms with van der Waals surface area (Å²) in [5.41, 5.74) is 69.9. The highest BCUT2D eigenvalue weighted by atomic mass is 16.2. The van der Waals surface area contributed by atoms with Crippen molar-refractivity contribution in [3.05, 3.63) is 0 Å². The van der Waals surface area contributed by atoms with Crippen LogP contribution in [0.1, 0.15) is 57.8 Å². The number of amides is 6. The maximum Gasteiger partial charge on any atom is 0.221 e. The third-order valence-corrected chi connectivity index (χ3v) is 16.4. The van der Waals surface area contributed by atoms with Crippen molar-refractivity contribution >= 4 is 35.4 Å². The third-order valence-electron chi connectivity index (χ3n) is 16.4. The Balaban J connectivity index is 6.89. The van der Waals surface area contributed by atoms with Gasteiger partial charge in [0.2, 0.25) is 35.4 Å². The van der Waals surface area contributed by atoms with Gasteiger partial charge >= 0.3 is 0 Å². The fourth-order valence-corrected chi connectivity index (χ4v) is 11.1. The highest BCUT2D eigenvalue weighted by molar-refractivity contribution is 5.78. The van der Waals surface area contributed by atoms with Crippen LogP contribution < -0.4 is 101 Å². The first-order chi connectivity index (χ1) is 46.6. The lowest BCUT2D eigenvalue weighted by Gasteiger charge is -2.29. The first-order valence-corrected chi connectivity index (χ1v) is 35.9. The highest BCUT2D eigenvalue weighted by Crippen LogP contribution is 2.07. The van der Waals surface area contributed by atoms with Gasteiger partial charge in [-0.2, -0.15) is 0 Å². The average molecular weight is 1380 g/mol. The molecule has 0 aliphatic heterocycles. The normalized spacial score (nSPS) is 11.9. The molecule has 0 saturated carbocycles. The van der Waals surface area contributed by atoms with E-state index in [1.807, 2.05) is 4.90 Å². The van der Waals surface area contributed by atoms with Gasteiger partial charge in [0, 0.05) is 307 Å². The number of rotatable bonds is 71. The zero-order valence-electron chi connectivity index (χ0n) is 59.4. The molecule has 0 saturated heterocycles. The van der Waals surface area contributed by atoms with Crippen LogP contribution in [0.2, 0.25) is 0 Å². The molecule has 0 aromatic rings. The van der Waals surface area contributed by atoms with Crippen LogP contribution in [-0.2, 0) is 28.8 Å². The molecule has 0 heterocycles. The van der Waals surface area contributed by atoms with Gasteiger partial charge in [0.25, 0.3) is 0 Å². The molecule has 34 nitrogen and oxygen atoms in total. The molecular weight excluding hydrogens is 1230 g/mol. The summed E-state index contributed by atoms with van der Waals surface area (Å²) in [7, 11) is 0. The second-order valence-electron chi connectivity index (χ2n) is 24.2. The first-order valence-electron chi connectivity index (χ1n) is 35.9.